The van der Waals surface area contributed by atoms with E-state index in [0.717, 1.165) is 31.2 Å². The Hall–Kier alpha value is -1.15. The van der Waals surface area contributed by atoms with E-state index in [1.807, 2.05) is 6.92 Å². The number of carbonyl (C=O) groups is 1. The lowest BCUT2D eigenvalue weighted by Crippen LogP contribution is -2.37. The summed E-state index contributed by atoms with van der Waals surface area (Å²) >= 11 is 0. The smallest absolute Gasteiger partial charge is 0.243 e. The highest BCUT2D eigenvalue weighted by Gasteiger charge is 2.24. The molecule has 0 radical (unpaired) electrons. The number of hydrogen-bond donors (Lipinski definition) is 2. The summed E-state index contributed by atoms with van der Waals surface area (Å²) in [6.45, 7) is 3.47. The fourth-order valence-corrected chi connectivity index (χ4v) is 4.44. The van der Waals surface area contributed by atoms with E-state index in [2.05, 4.69) is 5.32 Å². The number of nitrogens with one attached hydrogen (secondary N) is 1. The standard InChI is InChI=1S/C18H29N3O3S.ClH/c1-15(14-19)20-18(22)11-8-16-6-9-17(10-7-16)25(23,24)21-12-4-2-3-5-13-21;/h6-7,9-10,15H,2-5,8,11-14,19H2,1H3,(H,20,22);1H/t15-;/m0./s1. The van der Waals surface area contributed by atoms with Crippen molar-refractivity contribution in [3.63, 3.8) is 0 Å². The van der Waals surface area contributed by atoms with Gasteiger partial charge in [0, 0.05) is 32.1 Å². The van der Waals surface area contributed by atoms with Crippen molar-refractivity contribution >= 4 is 28.3 Å². The number of rotatable bonds is 7. The predicted octanol–water partition coefficient (Wildman–Crippen LogP) is 2.07. The second kappa shape index (κ2) is 10.9. The van der Waals surface area contributed by atoms with Crippen LogP contribution in [0.1, 0.15) is 44.6 Å². The number of aryl methyl sites for hydroxylation is 1. The number of halogens is 1. The average molecular weight is 404 g/mol. The van der Waals surface area contributed by atoms with Crippen LogP contribution in [-0.4, -0.2) is 44.3 Å². The zero-order valence-corrected chi connectivity index (χ0v) is 16.9. The lowest BCUT2D eigenvalue weighted by molar-refractivity contribution is -0.121. The Morgan fingerprint density at radius 2 is 1.73 bits per heavy atom. The highest BCUT2D eigenvalue weighted by atomic mass is 35.5. The van der Waals surface area contributed by atoms with Gasteiger partial charge in [-0.2, -0.15) is 4.31 Å². The summed E-state index contributed by atoms with van der Waals surface area (Å²) in [5.41, 5.74) is 6.43. The molecule has 2 rings (SSSR count). The Balaban J connectivity index is 0.00000338. The van der Waals surface area contributed by atoms with Crippen molar-refractivity contribution in [1.82, 2.24) is 9.62 Å². The van der Waals surface area contributed by atoms with Crippen molar-refractivity contribution in [2.45, 2.75) is 56.4 Å². The van der Waals surface area contributed by atoms with Gasteiger partial charge in [-0.1, -0.05) is 25.0 Å². The third-order valence-electron chi connectivity index (χ3n) is 4.53. The molecule has 1 amide bonds. The molecule has 1 saturated heterocycles. The van der Waals surface area contributed by atoms with Crippen LogP contribution < -0.4 is 11.1 Å². The Morgan fingerprint density at radius 1 is 1.15 bits per heavy atom. The van der Waals surface area contributed by atoms with Crippen molar-refractivity contribution < 1.29 is 13.2 Å². The molecule has 6 nitrogen and oxygen atoms in total. The Labute approximate surface area is 163 Å². The van der Waals surface area contributed by atoms with E-state index in [4.69, 9.17) is 5.73 Å². The van der Waals surface area contributed by atoms with E-state index in [9.17, 15) is 13.2 Å². The van der Waals surface area contributed by atoms with E-state index >= 15 is 0 Å². The van der Waals surface area contributed by atoms with Gasteiger partial charge < -0.3 is 11.1 Å². The number of amides is 1. The number of nitrogens with zero attached hydrogens (tertiary/aromatic N) is 1. The van der Waals surface area contributed by atoms with Crippen molar-refractivity contribution in [3.8, 4) is 0 Å². The van der Waals surface area contributed by atoms with Gasteiger partial charge in [0.05, 0.1) is 4.90 Å². The molecule has 1 atom stereocenters. The van der Waals surface area contributed by atoms with Crippen LogP contribution in [-0.2, 0) is 21.2 Å². The van der Waals surface area contributed by atoms with Crippen molar-refractivity contribution in [1.29, 1.82) is 0 Å². The topological polar surface area (TPSA) is 92.5 Å². The first-order valence-corrected chi connectivity index (χ1v) is 10.5. The van der Waals surface area contributed by atoms with Crippen molar-refractivity contribution in [2.24, 2.45) is 5.73 Å². The molecule has 1 aliphatic rings. The van der Waals surface area contributed by atoms with Gasteiger partial charge in [0.25, 0.3) is 0 Å². The Kier molecular flexibility index (Phi) is 9.57. The zero-order chi connectivity index (χ0) is 18.3. The van der Waals surface area contributed by atoms with Crippen LogP contribution >= 0.6 is 12.4 Å². The summed E-state index contributed by atoms with van der Waals surface area (Å²) in [5, 5.41) is 2.82. The van der Waals surface area contributed by atoms with Crippen LogP contribution in [0, 0.1) is 0 Å². The second-order valence-electron chi connectivity index (χ2n) is 6.67. The van der Waals surface area contributed by atoms with E-state index in [-0.39, 0.29) is 24.4 Å². The molecule has 1 aliphatic heterocycles. The van der Waals surface area contributed by atoms with Crippen LogP contribution in [0.25, 0.3) is 0 Å². The van der Waals surface area contributed by atoms with Gasteiger partial charge in [0.15, 0.2) is 0 Å². The highest BCUT2D eigenvalue weighted by Crippen LogP contribution is 2.21. The molecule has 0 spiro atoms. The third-order valence-corrected chi connectivity index (χ3v) is 6.44. The van der Waals surface area contributed by atoms with Crippen LogP contribution in [0.4, 0.5) is 0 Å². The fraction of sp³-hybridized carbons (Fsp3) is 0.611. The molecule has 0 saturated carbocycles. The molecular weight excluding hydrogens is 374 g/mol. The van der Waals surface area contributed by atoms with Crippen LogP contribution in [0.2, 0.25) is 0 Å². The summed E-state index contributed by atoms with van der Waals surface area (Å²) in [7, 11) is -3.41. The summed E-state index contributed by atoms with van der Waals surface area (Å²) in [6, 6.07) is 6.86. The summed E-state index contributed by atoms with van der Waals surface area (Å²) in [6.07, 6.45) is 4.97. The largest absolute Gasteiger partial charge is 0.352 e. The molecule has 3 N–H and O–H groups in total. The van der Waals surface area contributed by atoms with Crippen molar-refractivity contribution in [2.75, 3.05) is 19.6 Å². The fourth-order valence-electron chi connectivity index (χ4n) is 2.92. The molecule has 0 unspecified atom stereocenters. The number of hydrogen-bond acceptors (Lipinski definition) is 4. The highest BCUT2D eigenvalue weighted by molar-refractivity contribution is 7.89. The van der Waals surface area contributed by atoms with Crippen molar-refractivity contribution in [3.05, 3.63) is 29.8 Å². The van der Waals surface area contributed by atoms with Gasteiger partial charge in [0.2, 0.25) is 15.9 Å². The lowest BCUT2D eigenvalue weighted by atomic mass is 10.1. The monoisotopic (exact) mass is 403 g/mol. The first-order chi connectivity index (χ1) is 11.9. The SMILES string of the molecule is C[C@@H](CN)NC(=O)CCc1ccc(S(=O)(=O)N2CCCCCC2)cc1.Cl. The van der Waals surface area contributed by atoms with Gasteiger partial charge >= 0.3 is 0 Å². The van der Waals surface area contributed by atoms with E-state index < -0.39 is 10.0 Å². The minimum Gasteiger partial charge on any atom is -0.352 e. The van der Waals surface area contributed by atoms with E-state index in [0.29, 0.717) is 37.4 Å². The minimum atomic E-state index is -3.41. The molecule has 148 valence electrons. The predicted molar refractivity (Wildman–Crippen MR) is 106 cm³/mol. The molecule has 1 aromatic rings. The second-order valence-corrected chi connectivity index (χ2v) is 8.60. The first kappa shape index (κ1) is 22.9. The van der Waals surface area contributed by atoms with E-state index in [1.165, 1.54) is 0 Å². The first-order valence-electron chi connectivity index (χ1n) is 9.02. The van der Waals surface area contributed by atoms with E-state index in [1.54, 1.807) is 28.6 Å². The maximum absolute atomic E-state index is 12.7. The molecule has 0 bridgehead atoms. The zero-order valence-electron chi connectivity index (χ0n) is 15.3. The quantitative estimate of drug-likeness (QED) is 0.728. The Morgan fingerprint density at radius 3 is 2.27 bits per heavy atom. The van der Waals surface area contributed by atoms with Crippen LogP contribution in [0.15, 0.2) is 29.2 Å². The van der Waals surface area contributed by atoms with Gasteiger partial charge in [-0.15, -0.1) is 12.4 Å². The van der Waals surface area contributed by atoms with Crippen LogP contribution in [0.3, 0.4) is 0 Å². The molecule has 26 heavy (non-hydrogen) atoms. The van der Waals surface area contributed by atoms with Gasteiger partial charge in [0.1, 0.15) is 0 Å². The molecular formula is C18H30ClN3O3S. The van der Waals surface area contributed by atoms with Crippen LogP contribution in [0.5, 0.6) is 0 Å². The minimum absolute atomic E-state index is 0. The third kappa shape index (κ3) is 6.54. The van der Waals surface area contributed by atoms with Gasteiger partial charge in [-0.3, -0.25) is 4.79 Å². The molecule has 1 heterocycles. The maximum Gasteiger partial charge on any atom is 0.243 e. The molecule has 8 heteroatoms. The average Bonchev–Trinajstić information content (AvgIpc) is 2.90. The number of sulfonamides is 1. The molecule has 1 aromatic carbocycles. The molecule has 1 fully saturated rings. The summed E-state index contributed by atoms with van der Waals surface area (Å²) in [5.74, 6) is -0.0424. The summed E-state index contributed by atoms with van der Waals surface area (Å²) in [4.78, 5) is 12.1. The van der Waals surface area contributed by atoms with Gasteiger partial charge in [-0.25, -0.2) is 8.42 Å². The lowest BCUT2D eigenvalue weighted by Gasteiger charge is -2.20. The maximum atomic E-state index is 12.7. The number of benzene rings is 1. The van der Waals surface area contributed by atoms with Gasteiger partial charge in [-0.05, 0) is 43.9 Å². The Bertz CT molecular complexity index is 657. The summed E-state index contributed by atoms with van der Waals surface area (Å²) < 4.78 is 27.0. The molecule has 0 aliphatic carbocycles. The number of nitrogens with two attached hydrogens (primary N) is 1. The molecule has 0 aromatic heterocycles. The number of carbonyl (C=O) groups excluding carboxylic acids is 1. The normalized spacial score (nSPS) is 17.0.